The van der Waals surface area contributed by atoms with Crippen molar-refractivity contribution < 1.29 is 9.59 Å². The Balaban J connectivity index is 1.46. The van der Waals surface area contributed by atoms with E-state index in [1.165, 1.54) is 64.2 Å². The lowest BCUT2D eigenvalue weighted by Crippen LogP contribution is -2.45. The second-order valence-electron chi connectivity index (χ2n) is 9.00. The van der Waals surface area contributed by atoms with Gasteiger partial charge in [0.2, 0.25) is 11.8 Å². The van der Waals surface area contributed by atoms with E-state index in [0.29, 0.717) is 11.8 Å². The quantitative estimate of drug-likeness (QED) is 0.744. The molecule has 0 aromatic rings. The molecule has 2 unspecified atom stereocenters. The van der Waals surface area contributed by atoms with Crippen LogP contribution in [0.4, 0.5) is 0 Å². The molecule has 3 saturated carbocycles. The summed E-state index contributed by atoms with van der Waals surface area (Å²) in [6.07, 6.45) is 16.8. The summed E-state index contributed by atoms with van der Waals surface area (Å²) in [5.74, 6) is 1.34. The fourth-order valence-electron chi connectivity index (χ4n) is 5.29. The van der Waals surface area contributed by atoms with Gasteiger partial charge in [-0.15, -0.1) is 0 Å². The van der Waals surface area contributed by atoms with E-state index in [0.717, 1.165) is 38.8 Å². The molecule has 4 heteroatoms. The molecule has 0 saturated heterocycles. The molecule has 2 atom stereocenters. The van der Waals surface area contributed by atoms with Crippen LogP contribution in [0, 0.1) is 23.7 Å². The fraction of sp³-hybridized carbons (Fsp3) is 0.909. The first-order chi connectivity index (χ1) is 12.7. The molecule has 3 aliphatic carbocycles. The standard InChI is InChI=1S/C22H38N2O2/c25-21(23-15-17-9-3-1-4-10-17)19-13-7-8-14-20(19)22(26)24-16-18-11-5-2-6-12-18/h17-20H,1-16H2,(H,23,25)(H,24,26). The van der Waals surface area contributed by atoms with E-state index in [1.807, 2.05) is 0 Å². The maximum absolute atomic E-state index is 12.8. The average molecular weight is 363 g/mol. The van der Waals surface area contributed by atoms with Crippen molar-refractivity contribution in [2.24, 2.45) is 23.7 Å². The predicted molar refractivity (Wildman–Crippen MR) is 105 cm³/mol. The maximum atomic E-state index is 12.8. The second kappa shape index (κ2) is 10.3. The zero-order chi connectivity index (χ0) is 18.2. The third-order valence-corrected chi connectivity index (χ3v) is 7.02. The first kappa shape index (κ1) is 19.7. The van der Waals surface area contributed by atoms with Crippen molar-refractivity contribution in [3.63, 3.8) is 0 Å². The number of carbonyl (C=O) groups excluding carboxylic acids is 2. The van der Waals surface area contributed by atoms with Crippen molar-refractivity contribution in [2.45, 2.75) is 89.9 Å². The summed E-state index contributed by atoms with van der Waals surface area (Å²) in [7, 11) is 0. The molecule has 3 rings (SSSR count). The average Bonchev–Trinajstić information content (AvgIpc) is 2.72. The van der Waals surface area contributed by atoms with E-state index in [-0.39, 0.29) is 23.7 Å². The summed E-state index contributed by atoms with van der Waals surface area (Å²) in [5, 5.41) is 6.39. The molecule has 3 aliphatic rings. The van der Waals surface area contributed by atoms with Gasteiger partial charge in [0.1, 0.15) is 0 Å². The van der Waals surface area contributed by atoms with E-state index in [4.69, 9.17) is 0 Å². The van der Waals surface area contributed by atoms with Gasteiger partial charge < -0.3 is 10.6 Å². The number of nitrogens with one attached hydrogen (secondary N) is 2. The second-order valence-corrected chi connectivity index (χ2v) is 9.00. The first-order valence-electron chi connectivity index (χ1n) is 11.3. The van der Waals surface area contributed by atoms with Crippen molar-refractivity contribution in [1.29, 1.82) is 0 Å². The first-order valence-corrected chi connectivity index (χ1v) is 11.3. The molecule has 2 N–H and O–H groups in total. The van der Waals surface area contributed by atoms with Gasteiger partial charge in [-0.05, 0) is 50.4 Å². The van der Waals surface area contributed by atoms with Crippen LogP contribution >= 0.6 is 0 Å². The summed E-state index contributed by atoms with van der Waals surface area (Å²) < 4.78 is 0. The van der Waals surface area contributed by atoms with E-state index < -0.39 is 0 Å². The molecule has 26 heavy (non-hydrogen) atoms. The van der Waals surface area contributed by atoms with Crippen LogP contribution in [0.15, 0.2) is 0 Å². The third-order valence-electron chi connectivity index (χ3n) is 7.02. The highest BCUT2D eigenvalue weighted by Crippen LogP contribution is 2.31. The molecule has 148 valence electrons. The minimum absolute atomic E-state index is 0.112. The summed E-state index contributed by atoms with van der Waals surface area (Å²) in [6, 6.07) is 0. The lowest BCUT2D eigenvalue weighted by Gasteiger charge is -2.31. The van der Waals surface area contributed by atoms with Crippen molar-refractivity contribution >= 4 is 11.8 Å². The predicted octanol–water partition coefficient (Wildman–Crippen LogP) is 4.19. The monoisotopic (exact) mass is 362 g/mol. The Hall–Kier alpha value is -1.06. The maximum Gasteiger partial charge on any atom is 0.223 e. The Kier molecular flexibility index (Phi) is 7.82. The number of rotatable bonds is 6. The van der Waals surface area contributed by atoms with Crippen LogP contribution in [0.3, 0.4) is 0 Å². The zero-order valence-electron chi connectivity index (χ0n) is 16.4. The topological polar surface area (TPSA) is 58.2 Å². The van der Waals surface area contributed by atoms with Gasteiger partial charge in [0.05, 0.1) is 0 Å². The summed E-state index contributed by atoms with van der Waals surface area (Å²) in [6.45, 7) is 1.62. The molecule has 0 aromatic heterocycles. The Morgan fingerprint density at radius 3 is 1.27 bits per heavy atom. The van der Waals surface area contributed by atoms with Crippen LogP contribution in [0.5, 0.6) is 0 Å². The molecule has 2 amide bonds. The largest absolute Gasteiger partial charge is 0.356 e. The lowest BCUT2D eigenvalue weighted by molar-refractivity contribution is -0.136. The molecule has 0 radical (unpaired) electrons. The molecule has 0 heterocycles. The Morgan fingerprint density at radius 1 is 0.538 bits per heavy atom. The van der Waals surface area contributed by atoms with Crippen LogP contribution in [-0.2, 0) is 9.59 Å². The molecule has 0 spiro atoms. The SMILES string of the molecule is O=C(NCC1CCCCC1)C1CCCCC1C(=O)NCC1CCCCC1. The highest BCUT2D eigenvalue weighted by Gasteiger charge is 2.36. The van der Waals surface area contributed by atoms with Gasteiger partial charge in [-0.1, -0.05) is 51.4 Å². The number of hydrogen-bond donors (Lipinski definition) is 2. The molecule has 4 nitrogen and oxygen atoms in total. The smallest absolute Gasteiger partial charge is 0.223 e. The Labute approximate surface area is 159 Å². The summed E-state index contributed by atoms with van der Waals surface area (Å²) in [5.41, 5.74) is 0. The van der Waals surface area contributed by atoms with E-state index in [9.17, 15) is 9.59 Å². The van der Waals surface area contributed by atoms with Crippen LogP contribution in [-0.4, -0.2) is 24.9 Å². The van der Waals surface area contributed by atoms with Gasteiger partial charge in [-0.2, -0.15) is 0 Å². The molecule has 0 bridgehead atoms. The molecular weight excluding hydrogens is 324 g/mol. The van der Waals surface area contributed by atoms with Crippen LogP contribution < -0.4 is 10.6 Å². The number of amides is 2. The minimum atomic E-state index is -0.112. The van der Waals surface area contributed by atoms with Gasteiger partial charge >= 0.3 is 0 Å². The van der Waals surface area contributed by atoms with E-state index in [2.05, 4.69) is 10.6 Å². The molecule has 3 fully saturated rings. The highest BCUT2D eigenvalue weighted by atomic mass is 16.2. The van der Waals surface area contributed by atoms with Crippen molar-refractivity contribution in [3.05, 3.63) is 0 Å². The van der Waals surface area contributed by atoms with Gasteiger partial charge in [0.25, 0.3) is 0 Å². The number of carbonyl (C=O) groups is 2. The minimum Gasteiger partial charge on any atom is -0.356 e. The van der Waals surface area contributed by atoms with Crippen molar-refractivity contribution in [2.75, 3.05) is 13.1 Å². The van der Waals surface area contributed by atoms with Crippen molar-refractivity contribution in [3.8, 4) is 0 Å². The highest BCUT2D eigenvalue weighted by molar-refractivity contribution is 5.87. The van der Waals surface area contributed by atoms with Gasteiger partial charge in [0, 0.05) is 24.9 Å². The summed E-state index contributed by atoms with van der Waals surface area (Å²) in [4.78, 5) is 25.5. The third kappa shape index (κ3) is 5.72. The van der Waals surface area contributed by atoms with E-state index >= 15 is 0 Å². The fourth-order valence-corrected chi connectivity index (χ4v) is 5.29. The molecule has 0 aliphatic heterocycles. The molecule has 0 aromatic carbocycles. The van der Waals surface area contributed by atoms with E-state index in [1.54, 1.807) is 0 Å². The Bertz CT molecular complexity index is 411. The van der Waals surface area contributed by atoms with Crippen molar-refractivity contribution in [1.82, 2.24) is 10.6 Å². The Morgan fingerprint density at radius 2 is 0.885 bits per heavy atom. The van der Waals surface area contributed by atoms with Gasteiger partial charge in [-0.3, -0.25) is 9.59 Å². The van der Waals surface area contributed by atoms with Crippen LogP contribution in [0.1, 0.15) is 89.9 Å². The normalized spacial score (nSPS) is 28.5. The van der Waals surface area contributed by atoms with Gasteiger partial charge in [-0.25, -0.2) is 0 Å². The van der Waals surface area contributed by atoms with Crippen LogP contribution in [0.2, 0.25) is 0 Å². The molecular formula is C22H38N2O2. The number of hydrogen-bond acceptors (Lipinski definition) is 2. The summed E-state index contributed by atoms with van der Waals surface area (Å²) >= 11 is 0. The lowest BCUT2D eigenvalue weighted by atomic mass is 9.77. The van der Waals surface area contributed by atoms with Gasteiger partial charge in [0.15, 0.2) is 0 Å². The zero-order valence-corrected chi connectivity index (χ0v) is 16.4. The van der Waals surface area contributed by atoms with Crippen LogP contribution in [0.25, 0.3) is 0 Å².